The molecule has 1 heterocycles. The Morgan fingerprint density at radius 2 is 1.97 bits per heavy atom. The Morgan fingerprint density at radius 1 is 1.30 bits per heavy atom. The standard InChI is InChI=1S/C23H31ClF2N4O3/c1-22(2,3)19(21(33)27-11-12-31)28-20(32)17-15-5-4-6-16(24)18(15)30(29-17)13-14-7-9-23(25,26)10-8-14/h4-6,14,19,31H,7-13H2,1-3H3,(H,27,33)(H,28,32)/t19-/m1/s1. The van der Waals surface area contributed by atoms with Crippen LogP contribution < -0.4 is 10.6 Å². The first-order valence-corrected chi connectivity index (χ1v) is 11.5. The number of nitrogens with zero attached hydrogens (tertiary/aromatic N) is 2. The average Bonchev–Trinajstić information content (AvgIpc) is 3.10. The van der Waals surface area contributed by atoms with Crippen molar-refractivity contribution in [3.8, 4) is 0 Å². The monoisotopic (exact) mass is 484 g/mol. The SMILES string of the molecule is CC(C)(C)[C@H](NC(=O)c1nn(CC2CCC(F)(F)CC2)c2c(Cl)cccc12)C(=O)NCCO. The summed E-state index contributed by atoms with van der Waals surface area (Å²) in [5.41, 5.74) is 0.0926. The van der Waals surface area contributed by atoms with Crippen molar-refractivity contribution in [1.29, 1.82) is 0 Å². The molecule has 0 aliphatic heterocycles. The van der Waals surface area contributed by atoms with Crippen LogP contribution in [0.2, 0.25) is 5.02 Å². The Kier molecular flexibility index (Phi) is 7.63. The van der Waals surface area contributed by atoms with E-state index in [2.05, 4.69) is 15.7 Å². The number of aliphatic hydroxyl groups excluding tert-OH is 1. The van der Waals surface area contributed by atoms with Crippen LogP contribution in [-0.2, 0) is 11.3 Å². The lowest BCUT2D eigenvalue weighted by atomic mass is 9.86. The van der Waals surface area contributed by atoms with Gasteiger partial charge in [0.1, 0.15) is 6.04 Å². The van der Waals surface area contributed by atoms with Gasteiger partial charge in [0.15, 0.2) is 5.69 Å². The number of fused-ring (bicyclic) bond motifs is 1. The first kappa shape index (κ1) is 25.4. The number of carbonyl (C=O) groups is 2. The predicted molar refractivity (Wildman–Crippen MR) is 122 cm³/mol. The number of aliphatic hydroxyl groups is 1. The van der Waals surface area contributed by atoms with Crippen LogP contribution in [0.1, 0.15) is 56.9 Å². The van der Waals surface area contributed by atoms with Gasteiger partial charge in [-0.15, -0.1) is 0 Å². The van der Waals surface area contributed by atoms with Gasteiger partial charge in [-0.25, -0.2) is 8.78 Å². The van der Waals surface area contributed by atoms with E-state index in [9.17, 15) is 18.4 Å². The van der Waals surface area contributed by atoms with Crippen LogP contribution >= 0.6 is 11.6 Å². The summed E-state index contributed by atoms with van der Waals surface area (Å²) in [5.74, 6) is -3.55. The summed E-state index contributed by atoms with van der Waals surface area (Å²) < 4.78 is 28.7. The fourth-order valence-corrected chi connectivity index (χ4v) is 4.45. The van der Waals surface area contributed by atoms with Crippen LogP contribution in [0.5, 0.6) is 0 Å². The molecule has 1 aromatic heterocycles. The van der Waals surface area contributed by atoms with E-state index < -0.39 is 29.2 Å². The molecule has 0 unspecified atom stereocenters. The Morgan fingerprint density at radius 3 is 2.58 bits per heavy atom. The van der Waals surface area contributed by atoms with E-state index in [1.807, 2.05) is 20.8 Å². The number of halogens is 3. The van der Waals surface area contributed by atoms with E-state index in [0.717, 1.165) is 0 Å². The van der Waals surface area contributed by atoms with Crippen LogP contribution in [-0.4, -0.2) is 51.8 Å². The highest BCUT2D eigenvalue weighted by Crippen LogP contribution is 2.37. The van der Waals surface area contributed by atoms with Gasteiger partial charge in [-0.05, 0) is 30.2 Å². The topological polar surface area (TPSA) is 96.2 Å². The van der Waals surface area contributed by atoms with Crippen molar-refractivity contribution in [2.75, 3.05) is 13.2 Å². The van der Waals surface area contributed by atoms with Crippen LogP contribution in [0.3, 0.4) is 0 Å². The first-order valence-electron chi connectivity index (χ1n) is 11.2. The predicted octanol–water partition coefficient (Wildman–Crippen LogP) is 3.77. The summed E-state index contributed by atoms with van der Waals surface area (Å²) in [7, 11) is 0. The van der Waals surface area contributed by atoms with Crippen LogP contribution in [0.15, 0.2) is 18.2 Å². The fraction of sp³-hybridized carbons (Fsp3) is 0.609. The number of alkyl halides is 2. The van der Waals surface area contributed by atoms with Gasteiger partial charge in [-0.3, -0.25) is 14.3 Å². The summed E-state index contributed by atoms with van der Waals surface area (Å²) in [6.07, 6.45) is 0.428. The number of rotatable bonds is 7. The quantitative estimate of drug-likeness (QED) is 0.557. The van der Waals surface area contributed by atoms with Gasteiger partial charge < -0.3 is 15.7 Å². The molecule has 3 N–H and O–H groups in total. The second-order valence-corrected chi connectivity index (χ2v) is 10.2. The third-order valence-corrected chi connectivity index (χ3v) is 6.32. The lowest BCUT2D eigenvalue weighted by molar-refractivity contribution is -0.125. The van der Waals surface area contributed by atoms with Gasteiger partial charge in [0.05, 0.1) is 17.1 Å². The maximum absolute atomic E-state index is 13.6. The number of para-hydroxylation sites is 1. The minimum absolute atomic E-state index is 0.00601. The van der Waals surface area contributed by atoms with Crippen LogP contribution in [0.25, 0.3) is 10.9 Å². The molecule has 0 saturated heterocycles. The first-order chi connectivity index (χ1) is 15.4. The maximum Gasteiger partial charge on any atom is 0.273 e. The maximum atomic E-state index is 13.6. The van der Waals surface area contributed by atoms with Gasteiger partial charge in [-0.2, -0.15) is 5.10 Å². The molecular formula is C23H31ClF2N4O3. The van der Waals surface area contributed by atoms with Crippen molar-refractivity contribution in [2.24, 2.45) is 11.3 Å². The van der Waals surface area contributed by atoms with Crippen molar-refractivity contribution >= 4 is 34.3 Å². The molecule has 0 bridgehead atoms. The smallest absolute Gasteiger partial charge is 0.273 e. The second kappa shape index (κ2) is 9.93. The number of hydrogen-bond acceptors (Lipinski definition) is 4. The summed E-state index contributed by atoms with van der Waals surface area (Å²) in [6.45, 7) is 5.71. The molecule has 10 heteroatoms. The lowest BCUT2D eigenvalue weighted by Gasteiger charge is -2.30. The van der Waals surface area contributed by atoms with Crippen LogP contribution in [0, 0.1) is 11.3 Å². The molecule has 0 spiro atoms. The number of hydrogen-bond donors (Lipinski definition) is 3. The van der Waals surface area contributed by atoms with E-state index >= 15 is 0 Å². The molecule has 1 saturated carbocycles. The van der Waals surface area contributed by atoms with E-state index in [1.54, 1.807) is 22.9 Å². The highest BCUT2D eigenvalue weighted by atomic mass is 35.5. The molecule has 7 nitrogen and oxygen atoms in total. The van der Waals surface area contributed by atoms with Gasteiger partial charge in [0.2, 0.25) is 11.8 Å². The zero-order valence-electron chi connectivity index (χ0n) is 19.1. The molecule has 2 aromatic rings. The third-order valence-electron chi connectivity index (χ3n) is 6.02. The van der Waals surface area contributed by atoms with Crippen molar-refractivity contribution in [3.63, 3.8) is 0 Å². The summed E-state index contributed by atoms with van der Waals surface area (Å²) in [5, 5.41) is 19.8. The largest absolute Gasteiger partial charge is 0.395 e. The third kappa shape index (κ3) is 6.00. The summed E-state index contributed by atoms with van der Waals surface area (Å²) in [6, 6.07) is 4.27. The number of nitrogens with one attached hydrogen (secondary N) is 2. The van der Waals surface area contributed by atoms with Gasteiger partial charge >= 0.3 is 0 Å². The Hall–Kier alpha value is -2.26. The molecule has 1 atom stereocenters. The number of aromatic nitrogens is 2. The fourth-order valence-electron chi connectivity index (χ4n) is 4.18. The number of carbonyl (C=O) groups excluding carboxylic acids is 2. The van der Waals surface area contributed by atoms with Gasteiger partial charge in [-0.1, -0.05) is 44.5 Å². The van der Waals surface area contributed by atoms with E-state index in [-0.39, 0.29) is 37.6 Å². The van der Waals surface area contributed by atoms with Crippen molar-refractivity contribution in [2.45, 2.75) is 65.0 Å². The number of benzene rings is 1. The van der Waals surface area contributed by atoms with E-state index in [0.29, 0.717) is 35.3 Å². The minimum atomic E-state index is -2.62. The Bertz CT molecular complexity index is 1010. The number of amides is 2. The van der Waals surface area contributed by atoms with E-state index in [1.165, 1.54) is 0 Å². The summed E-state index contributed by atoms with van der Waals surface area (Å²) >= 11 is 6.43. The molecule has 3 rings (SSSR count). The van der Waals surface area contributed by atoms with E-state index in [4.69, 9.17) is 16.7 Å². The highest BCUT2D eigenvalue weighted by Gasteiger charge is 2.36. The summed E-state index contributed by atoms with van der Waals surface area (Å²) in [4.78, 5) is 25.8. The van der Waals surface area contributed by atoms with Gasteiger partial charge in [0, 0.05) is 31.3 Å². The molecular weight excluding hydrogens is 454 g/mol. The Balaban J connectivity index is 1.89. The van der Waals surface area contributed by atoms with Crippen molar-refractivity contribution in [3.05, 3.63) is 28.9 Å². The molecule has 182 valence electrons. The molecule has 1 aliphatic carbocycles. The van der Waals surface area contributed by atoms with Crippen molar-refractivity contribution in [1.82, 2.24) is 20.4 Å². The molecule has 33 heavy (non-hydrogen) atoms. The Labute approximate surface area is 196 Å². The zero-order chi connectivity index (χ0) is 24.4. The molecule has 1 fully saturated rings. The second-order valence-electron chi connectivity index (χ2n) is 9.75. The molecule has 1 aromatic carbocycles. The lowest BCUT2D eigenvalue weighted by Crippen LogP contribution is -2.54. The zero-order valence-corrected chi connectivity index (χ0v) is 19.9. The van der Waals surface area contributed by atoms with Crippen LogP contribution in [0.4, 0.5) is 8.78 Å². The van der Waals surface area contributed by atoms with Crippen molar-refractivity contribution < 1.29 is 23.5 Å². The highest BCUT2D eigenvalue weighted by molar-refractivity contribution is 6.35. The van der Waals surface area contributed by atoms with Gasteiger partial charge in [0.25, 0.3) is 5.91 Å². The normalized spacial score (nSPS) is 17.7. The average molecular weight is 485 g/mol. The minimum Gasteiger partial charge on any atom is -0.395 e. The molecule has 0 radical (unpaired) electrons. The molecule has 1 aliphatic rings. The molecule has 2 amide bonds.